The maximum Gasteiger partial charge on any atom is 0.241 e. The molecule has 0 aliphatic carbocycles. The lowest BCUT2D eigenvalue weighted by Crippen LogP contribution is -2.54. The predicted octanol–water partition coefficient (Wildman–Crippen LogP) is 0.382. The van der Waals surface area contributed by atoms with E-state index in [1.807, 2.05) is 11.8 Å². The molecule has 1 fully saturated rings. The van der Waals surface area contributed by atoms with Crippen molar-refractivity contribution in [2.75, 3.05) is 44.8 Å². The number of piperazine rings is 1. The molecule has 1 aromatic heterocycles. The van der Waals surface area contributed by atoms with Crippen molar-refractivity contribution in [3.8, 4) is 0 Å². The molecule has 1 aromatic rings. The van der Waals surface area contributed by atoms with Crippen LogP contribution in [0.5, 0.6) is 0 Å². The number of nitrogens with zero attached hydrogens (tertiary/aromatic N) is 3. The number of carbonyl (C=O) groups excluding carboxylic acids is 1. The average Bonchev–Trinajstić information content (AvgIpc) is 2.78. The third-order valence-electron chi connectivity index (χ3n) is 3.54. The topological polar surface area (TPSA) is 71.7 Å². The smallest absolute Gasteiger partial charge is 0.241 e. The lowest BCUT2D eigenvalue weighted by molar-refractivity contribution is -0.134. The maximum atomic E-state index is 12.1. The molecule has 2 heterocycles. The molecule has 1 unspecified atom stereocenters. The fourth-order valence-electron chi connectivity index (χ4n) is 2.19. The van der Waals surface area contributed by atoms with Crippen LogP contribution in [0.2, 0.25) is 0 Å². The second kappa shape index (κ2) is 6.51. The Kier molecular flexibility index (Phi) is 4.95. The van der Waals surface area contributed by atoms with E-state index in [0.29, 0.717) is 13.1 Å². The quantitative estimate of drug-likeness (QED) is 0.870. The van der Waals surface area contributed by atoms with Crippen LogP contribution in [-0.2, 0) is 9.53 Å². The molecule has 1 saturated heterocycles. The minimum absolute atomic E-state index is 0.0296. The monoisotopic (exact) mass is 298 g/mol. The predicted molar refractivity (Wildman–Crippen MR) is 80.2 cm³/mol. The number of nitrogens with two attached hydrogens (primary N) is 1. The number of carbonyl (C=O) groups is 1. The number of aryl methyl sites for hydroxylation is 2. The molecule has 0 saturated carbocycles. The van der Waals surface area contributed by atoms with Crippen molar-refractivity contribution in [1.29, 1.82) is 0 Å². The molecule has 2 rings (SSSR count). The van der Waals surface area contributed by atoms with Crippen molar-refractivity contribution in [3.05, 3.63) is 10.6 Å². The normalized spacial score (nSPS) is 17.4. The second-order valence-electron chi connectivity index (χ2n) is 5.01. The molecule has 1 aliphatic heterocycles. The zero-order chi connectivity index (χ0) is 14.7. The minimum atomic E-state index is -0.559. The van der Waals surface area contributed by atoms with E-state index in [-0.39, 0.29) is 12.5 Å². The summed E-state index contributed by atoms with van der Waals surface area (Å²) in [7, 11) is 1.55. The molecule has 1 amide bonds. The van der Waals surface area contributed by atoms with Crippen LogP contribution in [0.25, 0.3) is 0 Å². The highest BCUT2D eigenvalue weighted by Crippen LogP contribution is 2.25. The molecule has 20 heavy (non-hydrogen) atoms. The van der Waals surface area contributed by atoms with Crippen LogP contribution in [0.1, 0.15) is 10.6 Å². The van der Waals surface area contributed by atoms with Crippen LogP contribution >= 0.6 is 11.3 Å². The lowest BCUT2D eigenvalue weighted by Gasteiger charge is -2.35. The summed E-state index contributed by atoms with van der Waals surface area (Å²) in [6.45, 7) is 7.36. The zero-order valence-corrected chi connectivity index (χ0v) is 13.1. The van der Waals surface area contributed by atoms with E-state index in [4.69, 9.17) is 10.5 Å². The number of rotatable bonds is 4. The molecule has 0 bridgehead atoms. The number of anilines is 1. The number of thiazole rings is 1. The van der Waals surface area contributed by atoms with Crippen molar-refractivity contribution < 1.29 is 9.53 Å². The van der Waals surface area contributed by atoms with Crippen LogP contribution < -0.4 is 10.6 Å². The molecule has 2 N–H and O–H groups in total. The summed E-state index contributed by atoms with van der Waals surface area (Å²) in [6, 6.07) is -0.559. The summed E-state index contributed by atoms with van der Waals surface area (Å²) in [6.07, 6.45) is 0. The van der Waals surface area contributed by atoms with Gasteiger partial charge in [-0.15, -0.1) is 11.3 Å². The van der Waals surface area contributed by atoms with E-state index in [2.05, 4.69) is 16.8 Å². The highest BCUT2D eigenvalue weighted by Gasteiger charge is 2.26. The van der Waals surface area contributed by atoms with Crippen LogP contribution in [0.3, 0.4) is 0 Å². The Bertz CT molecular complexity index is 449. The Labute approximate surface area is 123 Å². The number of hydrogen-bond donors (Lipinski definition) is 1. The number of amides is 1. The Morgan fingerprint density at radius 2 is 2.05 bits per heavy atom. The second-order valence-corrected chi connectivity index (χ2v) is 6.19. The van der Waals surface area contributed by atoms with Gasteiger partial charge in [-0.1, -0.05) is 0 Å². The van der Waals surface area contributed by atoms with Crippen molar-refractivity contribution in [1.82, 2.24) is 9.88 Å². The van der Waals surface area contributed by atoms with E-state index in [0.717, 1.165) is 23.9 Å². The summed E-state index contributed by atoms with van der Waals surface area (Å²) in [5, 5.41) is 1.05. The van der Waals surface area contributed by atoms with Gasteiger partial charge in [0.2, 0.25) is 5.91 Å². The maximum absolute atomic E-state index is 12.1. The highest BCUT2D eigenvalue weighted by molar-refractivity contribution is 7.15. The van der Waals surface area contributed by atoms with Crippen LogP contribution in [0.4, 0.5) is 5.13 Å². The van der Waals surface area contributed by atoms with Gasteiger partial charge < -0.3 is 20.3 Å². The largest absolute Gasteiger partial charge is 0.383 e. The third-order valence-corrected chi connectivity index (χ3v) is 4.68. The van der Waals surface area contributed by atoms with Crippen molar-refractivity contribution in [2.24, 2.45) is 5.73 Å². The number of methoxy groups -OCH3 is 1. The summed E-state index contributed by atoms with van der Waals surface area (Å²) in [5.41, 5.74) is 6.88. The molecule has 0 aromatic carbocycles. The van der Waals surface area contributed by atoms with Gasteiger partial charge in [0.15, 0.2) is 5.13 Å². The number of aromatic nitrogens is 1. The molecule has 0 spiro atoms. The Hall–Kier alpha value is -1.18. The first-order chi connectivity index (χ1) is 9.52. The van der Waals surface area contributed by atoms with Crippen molar-refractivity contribution in [3.63, 3.8) is 0 Å². The summed E-state index contributed by atoms with van der Waals surface area (Å²) in [4.78, 5) is 21.9. The first kappa shape index (κ1) is 15.2. The van der Waals surface area contributed by atoms with Gasteiger partial charge in [0.1, 0.15) is 6.04 Å². The average molecular weight is 298 g/mol. The molecule has 6 nitrogen and oxygen atoms in total. The van der Waals surface area contributed by atoms with Crippen LogP contribution in [0, 0.1) is 13.8 Å². The van der Waals surface area contributed by atoms with Crippen LogP contribution in [-0.4, -0.2) is 61.7 Å². The fourth-order valence-corrected chi connectivity index (χ4v) is 3.16. The van der Waals surface area contributed by atoms with Gasteiger partial charge in [-0.3, -0.25) is 4.79 Å². The van der Waals surface area contributed by atoms with Crippen LogP contribution in [0.15, 0.2) is 0 Å². The van der Waals surface area contributed by atoms with Gasteiger partial charge in [0.25, 0.3) is 0 Å². The van der Waals surface area contributed by atoms with Gasteiger partial charge >= 0.3 is 0 Å². The Morgan fingerprint density at radius 3 is 2.55 bits per heavy atom. The molecule has 1 aliphatic rings. The molecular weight excluding hydrogens is 276 g/mol. The SMILES string of the molecule is COCC(N)C(=O)N1CCN(c2nc(C)c(C)s2)CC1. The van der Waals surface area contributed by atoms with E-state index in [1.54, 1.807) is 18.4 Å². The van der Waals surface area contributed by atoms with Gasteiger partial charge in [0.05, 0.1) is 12.3 Å². The number of hydrogen-bond acceptors (Lipinski definition) is 6. The summed E-state index contributed by atoms with van der Waals surface area (Å²) in [5.74, 6) is -0.0296. The molecular formula is C13H22N4O2S. The number of ether oxygens (including phenoxy) is 1. The van der Waals surface area contributed by atoms with E-state index in [9.17, 15) is 4.79 Å². The van der Waals surface area contributed by atoms with E-state index in [1.165, 1.54) is 4.88 Å². The van der Waals surface area contributed by atoms with Gasteiger partial charge in [-0.25, -0.2) is 4.98 Å². The summed E-state index contributed by atoms with van der Waals surface area (Å²) < 4.78 is 4.93. The molecule has 1 atom stereocenters. The Morgan fingerprint density at radius 1 is 1.40 bits per heavy atom. The highest BCUT2D eigenvalue weighted by atomic mass is 32.1. The zero-order valence-electron chi connectivity index (χ0n) is 12.3. The third kappa shape index (κ3) is 3.28. The van der Waals surface area contributed by atoms with E-state index >= 15 is 0 Å². The van der Waals surface area contributed by atoms with Gasteiger partial charge in [-0.05, 0) is 13.8 Å². The first-order valence-corrected chi connectivity index (χ1v) is 7.57. The van der Waals surface area contributed by atoms with Gasteiger partial charge in [-0.2, -0.15) is 0 Å². The summed E-state index contributed by atoms with van der Waals surface area (Å²) >= 11 is 1.71. The lowest BCUT2D eigenvalue weighted by atomic mass is 10.2. The van der Waals surface area contributed by atoms with Crippen molar-refractivity contribution in [2.45, 2.75) is 19.9 Å². The first-order valence-electron chi connectivity index (χ1n) is 6.75. The Balaban J connectivity index is 1.90. The molecule has 112 valence electrons. The minimum Gasteiger partial charge on any atom is -0.383 e. The van der Waals surface area contributed by atoms with Crippen molar-refractivity contribution >= 4 is 22.4 Å². The van der Waals surface area contributed by atoms with E-state index < -0.39 is 6.04 Å². The fraction of sp³-hybridized carbons (Fsp3) is 0.692. The van der Waals surface area contributed by atoms with Gasteiger partial charge in [0, 0.05) is 38.2 Å². The standard InChI is InChI=1S/C13H22N4O2S/c1-9-10(2)20-13(15-9)17-6-4-16(5-7-17)12(18)11(14)8-19-3/h11H,4-8,14H2,1-3H3. The molecule has 0 radical (unpaired) electrons. The molecule has 7 heteroatoms.